The fraction of sp³-hybridized carbons (Fsp3) is 0.143. The van der Waals surface area contributed by atoms with Crippen molar-refractivity contribution in [2.45, 2.75) is 0 Å². The third-order valence-electron chi connectivity index (χ3n) is 0.943. The Morgan fingerprint density at radius 2 is 2.56 bits per heavy atom. The topological polar surface area (TPSA) is 0 Å². The van der Waals surface area contributed by atoms with Crippen LogP contribution in [0.5, 0.6) is 0 Å². The Hall–Kier alpha value is -0.0800. The first-order chi connectivity index (χ1) is 4.43. The van der Waals surface area contributed by atoms with Crippen molar-refractivity contribution in [1.82, 2.24) is 0 Å². The molecule has 0 spiro atoms. The van der Waals surface area contributed by atoms with Gasteiger partial charge in [-0.1, -0.05) is 28.1 Å². The summed E-state index contributed by atoms with van der Waals surface area (Å²) in [5.74, 6) is 0. The molecule has 0 N–H and O–H groups in total. The van der Waals surface area contributed by atoms with E-state index in [1.807, 2.05) is 0 Å². The van der Waals surface area contributed by atoms with Crippen LogP contribution in [0.2, 0.25) is 0 Å². The van der Waals surface area contributed by atoms with Crippen LogP contribution in [0.3, 0.4) is 0 Å². The Kier molecular flexibility index (Phi) is 3.01. The molecule has 0 aliphatic carbocycles. The molecule has 0 fully saturated rings. The highest BCUT2D eigenvalue weighted by atomic mass is 79.9. The molecule has 48 valence electrons. The highest BCUT2D eigenvalue weighted by Gasteiger charge is 1.81. The third-order valence-corrected chi connectivity index (χ3v) is 2.02. The molecule has 0 aliphatic heterocycles. The average Bonchev–Trinajstić information content (AvgIpc) is 2.34. The second-order valence-corrected chi connectivity index (χ2v) is 3.04. The molecule has 0 radical (unpaired) electrons. The van der Waals surface area contributed by atoms with Crippen molar-refractivity contribution in [1.29, 1.82) is 0 Å². The molecule has 0 nitrogen and oxygen atoms in total. The zero-order chi connectivity index (χ0) is 6.53. The van der Waals surface area contributed by atoms with Gasteiger partial charge < -0.3 is 0 Å². The summed E-state index contributed by atoms with van der Waals surface area (Å²) in [5, 5.41) is 5.13. The van der Waals surface area contributed by atoms with E-state index in [0.717, 1.165) is 5.33 Å². The number of rotatable bonds is 2. The Morgan fingerprint density at radius 1 is 1.67 bits per heavy atom. The lowest BCUT2D eigenvalue weighted by molar-refractivity contribution is 1.80. The highest BCUT2D eigenvalue weighted by Crippen LogP contribution is 2.07. The summed E-state index contributed by atoms with van der Waals surface area (Å²) >= 11 is 5.04. The lowest BCUT2D eigenvalue weighted by Gasteiger charge is -1.78. The maximum Gasteiger partial charge on any atom is 0.0215 e. The lowest BCUT2D eigenvalue weighted by Crippen LogP contribution is -1.59. The molecular weight excluding hydrogens is 196 g/mol. The van der Waals surface area contributed by atoms with Crippen molar-refractivity contribution in [3.05, 3.63) is 28.5 Å². The van der Waals surface area contributed by atoms with Gasteiger partial charge in [-0.05, 0) is 22.4 Å². The molecule has 2 heteroatoms. The number of allylic oxidation sites excluding steroid dienone is 1. The summed E-state index contributed by atoms with van der Waals surface area (Å²) in [6.07, 6.45) is 4.19. The molecule has 1 rings (SSSR count). The Labute approximate surface area is 67.3 Å². The van der Waals surface area contributed by atoms with Crippen LogP contribution in [0, 0.1) is 0 Å². The molecule has 1 heterocycles. The third kappa shape index (κ3) is 2.33. The van der Waals surface area contributed by atoms with Crippen molar-refractivity contribution < 1.29 is 0 Å². The van der Waals surface area contributed by atoms with E-state index in [4.69, 9.17) is 0 Å². The smallest absolute Gasteiger partial charge is 0.0215 e. The van der Waals surface area contributed by atoms with E-state index in [2.05, 4.69) is 44.9 Å². The van der Waals surface area contributed by atoms with E-state index >= 15 is 0 Å². The molecule has 0 aliphatic rings. The van der Waals surface area contributed by atoms with Crippen molar-refractivity contribution in [2.24, 2.45) is 0 Å². The van der Waals surface area contributed by atoms with Crippen molar-refractivity contribution >= 4 is 33.3 Å². The van der Waals surface area contributed by atoms with Gasteiger partial charge in [0, 0.05) is 5.33 Å². The molecule has 0 amide bonds. The molecule has 1 aromatic rings. The first kappa shape index (κ1) is 7.03. The quantitative estimate of drug-likeness (QED) is 0.647. The van der Waals surface area contributed by atoms with Crippen LogP contribution < -0.4 is 0 Å². The molecule has 1 aromatic heterocycles. The second-order valence-electron chi connectivity index (χ2n) is 1.61. The van der Waals surface area contributed by atoms with Gasteiger partial charge in [0.1, 0.15) is 0 Å². The zero-order valence-electron chi connectivity index (χ0n) is 4.88. The van der Waals surface area contributed by atoms with E-state index in [-0.39, 0.29) is 0 Å². The summed E-state index contributed by atoms with van der Waals surface area (Å²) < 4.78 is 0. The van der Waals surface area contributed by atoms with Gasteiger partial charge in [0.05, 0.1) is 0 Å². The Bertz CT molecular complexity index is 177. The average molecular weight is 203 g/mol. The van der Waals surface area contributed by atoms with Gasteiger partial charge >= 0.3 is 0 Å². The molecule has 0 atom stereocenters. The number of hydrogen-bond acceptors (Lipinski definition) is 1. The minimum atomic E-state index is 0.933. The number of alkyl halides is 1. The SMILES string of the molecule is BrCC=Cc1ccsc1. The summed E-state index contributed by atoms with van der Waals surface area (Å²) in [7, 11) is 0. The molecule has 0 saturated heterocycles. The van der Waals surface area contributed by atoms with Gasteiger partial charge in [0.25, 0.3) is 0 Å². The van der Waals surface area contributed by atoms with Crippen molar-refractivity contribution in [3.63, 3.8) is 0 Å². The maximum absolute atomic E-state index is 3.31. The number of halogens is 1. The summed E-state index contributed by atoms with van der Waals surface area (Å²) in [5.41, 5.74) is 1.29. The van der Waals surface area contributed by atoms with Crippen LogP contribution >= 0.6 is 27.3 Å². The van der Waals surface area contributed by atoms with Gasteiger partial charge in [0.2, 0.25) is 0 Å². The lowest BCUT2D eigenvalue weighted by atomic mass is 10.3. The summed E-state index contributed by atoms with van der Waals surface area (Å²) in [4.78, 5) is 0. The van der Waals surface area contributed by atoms with E-state index < -0.39 is 0 Å². The summed E-state index contributed by atoms with van der Waals surface area (Å²) in [6.45, 7) is 0. The number of thiophene rings is 1. The minimum Gasteiger partial charge on any atom is -0.152 e. The molecule has 0 bridgehead atoms. The van der Waals surface area contributed by atoms with Crippen LogP contribution in [0.4, 0.5) is 0 Å². The Morgan fingerprint density at radius 3 is 3.11 bits per heavy atom. The zero-order valence-corrected chi connectivity index (χ0v) is 7.28. The van der Waals surface area contributed by atoms with Gasteiger partial charge in [0.15, 0.2) is 0 Å². The van der Waals surface area contributed by atoms with Gasteiger partial charge in [-0.15, -0.1) is 0 Å². The van der Waals surface area contributed by atoms with E-state index in [1.54, 1.807) is 11.3 Å². The molecular formula is C7H7BrS. The standard InChI is InChI=1S/C7H7BrS/c8-4-1-2-7-3-5-9-6-7/h1-3,5-6H,4H2. The van der Waals surface area contributed by atoms with Crippen LogP contribution in [-0.2, 0) is 0 Å². The predicted octanol–water partition coefficient (Wildman–Crippen LogP) is 3.16. The maximum atomic E-state index is 3.31. The first-order valence-corrected chi connectivity index (χ1v) is 4.74. The monoisotopic (exact) mass is 202 g/mol. The molecule has 0 aromatic carbocycles. The normalized spacial score (nSPS) is 10.8. The highest BCUT2D eigenvalue weighted by molar-refractivity contribution is 9.09. The predicted molar refractivity (Wildman–Crippen MR) is 47.1 cm³/mol. The van der Waals surface area contributed by atoms with Gasteiger partial charge in [-0.25, -0.2) is 0 Å². The Balaban J connectivity index is 2.57. The van der Waals surface area contributed by atoms with Crippen molar-refractivity contribution in [3.8, 4) is 0 Å². The first-order valence-electron chi connectivity index (χ1n) is 2.68. The fourth-order valence-corrected chi connectivity index (χ4v) is 1.37. The van der Waals surface area contributed by atoms with Crippen molar-refractivity contribution in [2.75, 3.05) is 5.33 Å². The molecule has 9 heavy (non-hydrogen) atoms. The molecule has 0 saturated carbocycles. The molecule has 0 unspecified atom stereocenters. The fourth-order valence-electron chi connectivity index (χ4n) is 0.550. The van der Waals surface area contributed by atoms with Crippen LogP contribution in [0.25, 0.3) is 6.08 Å². The van der Waals surface area contributed by atoms with E-state index in [9.17, 15) is 0 Å². The van der Waals surface area contributed by atoms with Crippen LogP contribution in [-0.4, -0.2) is 5.33 Å². The number of hydrogen-bond donors (Lipinski definition) is 0. The van der Waals surface area contributed by atoms with E-state index in [0.29, 0.717) is 0 Å². The van der Waals surface area contributed by atoms with Crippen LogP contribution in [0.1, 0.15) is 5.56 Å². The van der Waals surface area contributed by atoms with Gasteiger partial charge in [-0.3, -0.25) is 0 Å². The van der Waals surface area contributed by atoms with Gasteiger partial charge in [-0.2, -0.15) is 11.3 Å². The minimum absolute atomic E-state index is 0.933. The summed E-state index contributed by atoms with van der Waals surface area (Å²) in [6, 6.07) is 2.10. The van der Waals surface area contributed by atoms with E-state index in [1.165, 1.54) is 5.56 Å². The second kappa shape index (κ2) is 3.85. The van der Waals surface area contributed by atoms with Crippen LogP contribution in [0.15, 0.2) is 22.9 Å². The largest absolute Gasteiger partial charge is 0.152 e.